The predicted molar refractivity (Wildman–Crippen MR) is 75.8 cm³/mol. The monoisotopic (exact) mass is 250 g/mol. The lowest BCUT2D eigenvalue weighted by Crippen LogP contribution is -2.01. The van der Waals surface area contributed by atoms with Crippen LogP contribution in [0.5, 0.6) is 0 Å². The molecule has 1 N–H and O–H groups in total. The van der Waals surface area contributed by atoms with Gasteiger partial charge in [0.15, 0.2) is 0 Å². The highest BCUT2D eigenvalue weighted by atomic mass is 15.2. The number of para-hydroxylation sites is 1. The Morgan fingerprint density at radius 1 is 1.00 bits per heavy atom. The van der Waals surface area contributed by atoms with Crippen LogP contribution in [0.4, 0.5) is 11.6 Å². The van der Waals surface area contributed by atoms with Gasteiger partial charge in [0.25, 0.3) is 0 Å². The fraction of sp³-hybridized carbons (Fsp3) is 0.0667. The van der Waals surface area contributed by atoms with Crippen LogP contribution in [0.3, 0.4) is 0 Å². The third-order valence-electron chi connectivity index (χ3n) is 2.84. The number of anilines is 2. The molecule has 4 nitrogen and oxygen atoms in total. The van der Waals surface area contributed by atoms with Gasteiger partial charge in [0, 0.05) is 23.8 Å². The quantitative estimate of drug-likeness (QED) is 0.775. The third-order valence-corrected chi connectivity index (χ3v) is 2.84. The third kappa shape index (κ3) is 2.47. The van der Waals surface area contributed by atoms with E-state index in [1.165, 1.54) is 0 Å². The summed E-state index contributed by atoms with van der Waals surface area (Å²) in [6.07, 6.45) is 5.51. The van der Waals surface area contributed by atoms with E-state index in [1.54, 1.807) is 12.4 Å². The smallest absolute Gasteiger partial charge is 0.212 e. The zero-order valence-corrected chi connectivity index (χ0v) is 10.6. The molecule has 0 saturated heterocycles. The lowest BCUT2D eigenvalue weighted by molar-refractivity contribution is 1.06. The maximum atomic E-state index is 4.33. The molecule has 3 aromatic rings. The number of nitrogens with zero attached hydrogens (tertiary/aromatic N) is 3. The Morgan fingerprint density at radius 2 is 1.84 bits per heavy atom. The van der Waals surface area contributed by atoms with Gasteiger partial charge >= 0.3 is 0 Å². The van der Waals surface area contributed by atoms with Gasteiger partial charge in [0.2, 0.25) is 5.95 Å². The summed E-state index contributed by atoms with van der Waals surface area (Å²) in [5.74, 6) is 0.775. The molecule has 0 spiro atoms. The van der Waals surface area contributed by atoms with E-state index in [9.17, 15) is 0 Å². The maximum absolute atomic E-state index is 4.33. The predicted octanol–water partition coefficient (Wildman–Crippen LogP) is 3.32. The van der Waals surface area contributed by atoms with E-state index in [4.69, 9.17) is 0 Å². The molecule has 0 unspecified atom stereocenters. The van der Waals surface area contributed by atoms with Crippen LogP contribution >= 0.6 is 0 Å². The zero-order chi connectivity index (χ0) is 13.1. The average Bonchev–Trinajstić information content (AvgIpc) is 2.90. The van der Waals surface area contributed by atoms with Gasteiger partial charge in [-0.3, -0.25) is 9.55 Å². The number of hydrogen-bond acceptors (Lipinski definition) is 3. The Balaban J connectivity index is 1.91. The topological polar surface area (TPSA) is 42.7 Å². The minimum atomic E-state index is 0.775. The second-order valence-electron chi connectivity index (χ2n) is 4.27. The lowest BCUT2D eigenvalue weighted by atomic mass is 10.3. The van der Waals surface area contributed by atoms with Crippen molar-refractivity contribution in [1.82, 2.24) is 14.5 Å². The van der Waals surface area contributed by atoms with E-state index >= 15 is 0 Å². The van der Waals surface area contributed by atoms with Crippen molar-refractivity contribution in [2.75, 3.05) is 5.32 Å². The van der Waals surface area contributed by atoms with Crippen LogP contribution in [0.25, 0.3) is 5.69 Å². The summed E-state index contributed by atoms with van der Waals surface area (Å²) in [7, 11) is 0. The zero-order valence-electron chi connectivity index (χ0n) is 10.6. The first-order valence-corrected chi connectivity index (χ1v) is 6.11. The SMILES string of the molecule is Cc1ccc(Nc2nccn2-c2ccccc2)cn1. The molecule has 2 aromatic heterocycles. The second kappa shape index (κ2) is 4.94. The molecule has 2 heterocycles. The van der Waals surface area contributed by atoms with E-state index < -0.39 is 0 Å². The average molecular weight is 250 g/mol. The molecule has 0 bridgehead atoms. The highest BCUT2D eigenvalue weighted by Gasteiger charge is 2.04. The van der Waals surface area contributed by atoms with Crippen molar-refractivity contribution in [3.63, 3.8) is 0 Å². The molecule has 3 rings (SSSR count). The maximum Gasteiger partial charge on any atom is 0.212 e. The van der Waals surface area contributed by atoms with Crippen LogP contribution in [-0.2, 0) is 0 Å². The van der Waals surface area contributed by atoms with E-state index in [2.05, 4.69) is 15.3 Å². The van der Waals surface area contributed by atoms with Gasteiger partial charge < -0.3 is 5.32 Å². The van der Waals surface area contributed by atoms with Crippen molar-refractivity contribution in [3.8, 4) is 5.69 Å². The highest BCUT2D eigenvalue weighted by molar-refractivity contribution is 5.54. The Hall–Kier alpha value is -2.62. The number of imidazole rings is 1. The molecule has 1 aromatic carbocycles. The molecule has 0 atom stereocenters. The van der Waals surface area contributed by atoms with Crippen molar-refractivity contribution in [1.29, 1.82) is 0 Å². The van der Waals surface area contributed by atoms with Crippen LogP contribution < -0.4 is 5.32 Å². The number of aryl methyl sites for hydroxylation is 1. The minimum Gasteiger partial charge on any atom is -0.324 e. The van der Waals surface area contributed by atoms with E-state index in [1.807, 2.05) is 60.2 Å². The van der Waals surface area contributed by atoms with Gasteiger partial charge in [-0.15, -0.1) is 0 Å². The first kappa shape index (κ1) is 11.5. The van der Waals surface area contributed by atoms with Crippen LogP contribution in [0.15, 0.2) is 61.1 Å². The molecule has 0 saturated carbocycles. The van der Waals surface area contributed by atoms with Gasteiger partial charge in [0.05, 0.1) is 11.9 Å². The molecule has 0 aliphatic rings. The molecule has 0 aliphatic heterocycles. The highest BCUT2D eigenvalue weighted by Crippen LogP contribution is 2.18. The van der Waals surface area contributed by atoms with Crippen molar-refractivity contribution in [3.05, 3.63) is 66.7 Å². The fourth-order valence-electron chi connectivity index (χ4n) is 1.86. The molecule has 0 fully saturated rings. The summed E-state index contributed by atoms with van der Waals surface area (Å²) in [5, 5.41) is 3.27. The van der Waals surface area contributed by atoms with Gasteiger partial charge in [-0.1, -0.05) is 18.2 Å². The van der Waals surface area contributed by atoms with E-state index in [0.717, 1.165) is 23.0 Å². The molecule has 0 amide bonds. The largest absolute Gasteiger partial charge is 0.324 e. The summed E-state index contributed by atoms with van der Waals surface area (Å²) in [6, 6.07) is 14.1. The van der Waals surface area contributed by atoms with Crippen LogP contribution in [0.2, 0.25) is 0 Å². The van der Waals surface area contributed by atoms with E-state index in [0.29, 0.717) is 0 Å². The molecule has 19 heavy (non-hydrogen) atoms. The Morgan fingerprint density at radius 3 is 2.58 bits per heavy atom. The van der Waals surface area contributed by atoms with E-state index in [-0.39, 0.29) is 0 Å². The first-order chi connectivity index (χ1) is 9.33. The lowest BCUT2D eigenvalue weighted by Gasteiger charge is -2.09. The first-order valence-electron chi connectivity index (χ1n) is 6.11. The molecule has 4 heteroatoms. The van der Waals surface area contributed by atoms with Crippen molar-refractivity contribution < 1.29 is 0 Å². The van der Waals surface area contributed by atoms with Crippen molar-refractivity contribution in [2.45, 2.75) is 6.92 Å². The number of benzene rings is 1. The van der Waals surface area contributed by atoms with Crippen molar-refractivity contribution in [2.24, 2.45) is 0 Å². The van der Waals surface area contributed by atoms with Gasteiger partial charge in [-0.05, 0) is 31.2 Å². The second-order valence-corrected chi connectivity index (χ2v) is 4.27. The number of rotatable bonds is 3. The molecule has 0 radical (unpaired) electrons. The summed E-state index contributed by atoms with van der Waals surface area (Å²) in [5.41, 5.74) is 2.99. The normalized spacial score (nSPS) is 10.4. The minimum absolute atomic E-state index is 0.775. The fourth-order valence-corrected chi connectivity index (χ4v) is 1.86. The van der Waals surface area contributed by atoms with Gasteiger partial charge in [-0.25, -0.2) is 4.98 Å². The number of hydrogen-bond donors (Lipinski definition) is 1. The summed E-state index contributed by atoms with van der Waals surface area (Å²) < 4.78 is 2.00. The molecular weight excluding hydrogens is 236 g/mol. The Labute approximate surface area is 111 Å². The summed E-state index contributed by atoms with van der Waals surface area (Å²) in [6.45, 7) is 1.97. The molecule has 0 aliphatic carbocycles. The Bertz CT molecular complexity index is 656. The number of aromatic nitrogens is 3. The van der Waals surface area contributed by atoms with Gasteiger partial charge in [0.1, 0.15) is 0 Å². The number of pyridine rings is 1. The Kier molecular flexibility index (Phi) is 2.98. The number of nitrogens with one attached hydrogen (secondary N) is 1. The summed E-state index contributed by atoms with van der Waals surface area (Å²) >= 11 is 0. The van der Waals surface area contributed by atoms with Crippen LogP contribution in [0, 0.1) is 6.92 Å². The summed E-state index contributed by atoms with van der Waals surface area (Å²) in [4.78, 5) is 8.60. The standard InChI is InChI=1S/C15H14N4/c1-12-7-8-13(11-17-12)18-15-16-9-10-19(15)14-5-3-2-4-6-14/h2-11H,1H3,(H,16,18). The van der Waals surface area contributed by atoms with Crippen LogP contribution in [-0.4, -0.2) is 14.5 Å². The molecular formula is C15H14N4. The van der Waals surface area contributed by atoms with Crippen molar-refractivity contribution >= 4 is 11.6 Å². The van der Waals surface area contributed by atoms with Crippen LogP contribution in [0.1, 0.15) is 5.69 Å². The van der Waals surface area contributed by atoms with Gasteiger partial charge in [-0.2, -0.15) is 0 Å². The molecule has 94 valence electrons.